The van der Waals surface area contributed by atoms with Crippen molar-refractivity contribution < 1.29 is 9.53 Å². The van der Waals surface area contributed by atoms with Crippen molar-refractivity contribution in [2.75, 3.05) is 17.7 Å². The van der Waals surface area contributed by atoms with Gasteiger partial charge in [-0.25, -0.2) is 4.79 Å². The molecule has 0 saturated heterocycles. The van der Waals surface area contributed by atoms with Gasteiger partial charge in [-0.3, -0.25) is 0 Å². The number of nitrogens with zero attached hydrogens (tertiary/aromatic N) is 1. The van der Waals surface area contributed by atoms with Crippen LogP contribution in [0.25, 0.3) is 0 Å². The third-order valence-corrected chi connectivity index (χ3v) is 4.30. The molecule has 19 heavy (non-hydrogen) atoms. The quantitative estimate of drug-likeness (QED) is 0.828. The third-order valence-electron chi connectivity index (χ3n) is 2.25. The summed E-state index contributed by atoms with van der Waals surface area (Å²) in [5.74, 6) is -0.268. The van der Waals surface area contributed by atoms with Gasteiger partial charge in [0.1, 0.15) is 10.6 Å². The van der Waals surface area contributed by atoms with E-state index in [-0.39, 0.29) is 5.82 Å². The average molecular weight is 318 g/mol. The number of halogens is 1. The van der Waals surface area contributed by atoms with Gasteiger partial charge in [-0.1, -0.05) is 11.6 Å². The van der Waals surface area contributed by atoms with Crippen molar-refractivity contribution >= 4 is 51.3 Å². The Morgan fingerprint density at radius 3 is 3.00 bits per heavy atom. The van der Waals surface area contributed by atoms with E-state index in [9.17, 15) is 4.79 Å². The van der Waals surface area contributed by atoms with E-state index < -0.39 is 5.97 Å². The van der Waals surface area contributed by atoms with Crippen LogP contribution in [-0.4, -0.2) is 16.9 Å². The fourth-order valence-corrected chi connectivity index (χ4v) is 3.16. The Labute approximate surface area is 123 Å². The molecule has 102 valence electrons. The van der Waals surface area contributed by atoms with Gasteiger partial charge >= 0.3 is 5.97 Å². The van der Waals surface area contributed by atoms with Crippen LogP contribution in [0.5, 0.6) is 0 Å². The topological polar surface area (TPSA) is 77.2 Å². The molecule has 0 aliphatic carbocycles. The van der Waals surface area contributed by atoms with Crippen molar-refractivity contribution in [2.45, 2.75) is 13.5 Å². The van der Waals surface area contributed by atoms with Crippen molar-refractivity contribution in [3.8, 4) is 0 Å². The van der Waals surface area contributed by atoms with Crippen LogP contribution in [-0.2, 0) is 11.3 Å². The molecule has 0 bridgehead atoms. The molecule has 0 radical (unpaired) electrons. The first-order valence-corrected chi connectivity index (χ1v) is 7.49. The lowest BCUT2D eigenvalue weighted by atomic mass is 10.3. The molecule has 0 amide bonds. The molecule has 0 aromatic carbocycles. The van der Waals surface area contributed by atoms with Gasteiger partial charge in [-0.05, 0) is 30.6 Å². The summed E-state index contributed by atoms with van der Waals surface area (Å²) >= 11 is 8.48. The zero-order valence-electron chi connectivity index (χ0n) is 10.1. The summed E-state index contributed by atoms with van der Waals surface area (Å²) in [5.41, 5.74) is 5.99. The number of anilines is 2. The van der Waals surface area contributed by atoms with Gasteiger partial charge < -0.3 is 15.8 Å². The van der Waals surface area contributed by atoms with E-state index in [1.165, 1.54) is 11.3 Å². The molecule has 2 aromatic heterocycles. The Kier molecular flexibility index (Phi) is 4.62. The van der Waals surface area contributed by atoms with Crippen molar-refractivity contribution in [3.05, 3.63) is 26.9 Å². The zero-order valence-corrected chi connectivity index (χ0v) is 12.5. The van der Waals surface area contributed by atoms with E-state index in [1.807, 2.05) is 12.1 Å². The maximum atomic E-state index is 11.8. The van der Waals surface area contributed by atoms with E-state index in [0.29, 0.717) is 23.7 Å². The molecule has 2 rings (SSSR count). The summed E-state index contributed by atoms with van der Waals surface area (Å²) < 4.78 is 9.65. The Bertz CT molecular complexity index is 582. The van der Waals surface area contributed by atoms with Gasteiger partial charge in [0, 0.05) is 4.88 Å². The second-order valence-corrected chi connectivity index (χ2v) is 6.12. The van der Waals surface area contributed by atoms with E-state index in [2.05, 4.69) is 9.69 Å². The number of ether oxygens (including phenoxy) is 1. The Morgan fingerprint density at radius 2 is 2.37 bits per heavy atom. The van der Waals surface area contributed by atoms with Crippen molar-refractivity contribution in [1.29, 1.82) is 0 Å². The Morgan fingerprint density at radius 1 is 1.58 bits per heavy atom. The van der Waals surface area contributed by atoms with Crippen molar-refractivity contribution in [3.63, 3.8) is 0 Å². The van der Waals surface area contributed by atoms with E-state index in [4.69, 9.17) is 22.1 Å². The van der Waals surface area contributed by atoms with Gasteiger partial charge in [0.15, 0.2) is 5.82 Å². The van der Waals surface area contributed by atoms with Crippen LogP contribution in [0, 0.1) is 0 Å². The maximum Gasteiger partial charge on any atom is 0.344 e. The van der Waals surface area contributed by atoms with E-state index in [0.717, 1.165) is 20.7 Å². The summed E-state index contributed by atoms with van der Waals surface area (Å²) in [6.07, 6.45) is 0. The molecule has 5 nitrogen and oxygen atoms in total. The van der Waals surface area contributed by atoms with Crippen LogP contribution < -0.4 is 11.1 Å². The molecule has 2 heterocycles. The predicted octanol–water partition coefficient (Wildman–Crippen LogP) is 3.23. The minimum atomic E-state index is -0.458. The molecular formula is C11H12ClN3O2S2. The highest BCUT2D eigenvalue weighted by Crippen LogP contribution is 2.29. The first-order chi connectivity index (χ1) is 9.11. The number of nitrogens with one attached hydrogen (secondary N) is 1. The minimum absolute atomic E-state index is 0.190. The Hall–Kier alpha value is -1.31. The van der Waals surface area contributed by atoms with Crippen LogP contribution in [0.15, 0.2) is 12.1 Å². The molecule has 0 saturated carbocycles. The Balaban J connectivity index is 2.10. The summed E-state index contributed by atoms with van der Waals surface area (Å²) in [4.78, 5) is 12.8. The second kappa shape index (κ2) is 6.23. The molecule has 2 aromatic rings. The van der Waals surface area contributed by atoms with Gasteiger partial charge in [-0.15, -0.1) is 11.3 Å². The molecule has 0 spiro atoms. The second-order valence-electron chi connectivity index (χ2n) is 3.55. The molecular weight excluding hydrogens is 306 g/mol. The van der Waals surface area contributed by atoms with Crippen molar-refractivity contribution in [2.24, 2.45) is 0 Å². The highest BCUT2D eigenvalue weighted by Gasteiger charge is 2.20. The lowest BCUT2D eigenvalue weighted by Gasteiger charge is -2.05. The summed E-state index contributed by atoms with van der Waals surface area (Å²) in [6.45, 7) is 2.61. The fraction of sp³-hybridized carbons (Fsp3) is 0.273. The minimum Gasteiger partial charge on any atom is -0.462 e. The number of aromatic nitrogens is 1. The standard InChI is InChI=1S/C11H12ClN3O2S2/c1-2-17-11(16)8-9(13)15-19-10(8)14-5-6-3-4-7(12)18-6/h3-4,14H,2,5H2,1H3,(H2,13,15). The van der Waals surface area contributed by atoms with E-state index in [1.54, 1.807) is 6.92 Å². The van der Waals surface area contributed by atoms with Crippen LogP contribution in [0.1, 0.15) is 22.2 Å². The summed E-state index contributed by atoms with van der Waals surface area (Å²) in [7, 11) is 0. The number of rotatable bonds is 5. The number of carbonyl (C=O) groups is 1. The number of thiophene rings is 1. The highest BCUT2D eigenvalue weighted by molar-refractivity contribution is 7.16. The van der Waals surface area contributed by atoms with Crippen LogP contribution >= 0.6 is 34.5 Å². The first-order valence-electron chi connectivity index (χ1n) is 5.52. The number of carbonyl (C=O) groups excluding carboxylic acids is 1. The van der Waals surface area contributed by atoms with E-state index >= 15 is 0 Å². The van der Waals surface area contributed by atoms with Crippen LogP contribution in [0.3, 0.4) is 0 Å². The predicted molar refractivity (Wildman–Crippen MR) is 79.1 cm³/mol. The number of hydrogen-bond donors (Lipinski definition) is 2. The highest BCUT2D eigenvalue weighted by atomic mass is 35.5. The van der Waals surface area contributed by atoms with Crippen molar-refractivity contribution in [1.82, 2.24) is 4.37 Å². The molecule has 0 atom stereocenters. The first kappa shape index (κ1) is 14.1. The van der Waals surface area contributed by atoms with Crippen LogP contribution in [0.4, 0.5) is 10.8 Å². The lowest BCUT2D eigenvalue weighted by molar-refractivity contribution is 0.0529. The molecule has 0 unspecified atom stereocenters. The average Bonchev–Trinajstić information content (AvgIpc) is 2.93. The molecule has 8 heteroatoms. The summed E-state index contributed by atoms with van der Waals surface area (Å²) in [5, 5.41) is 3.74. The molecule has 0 aliphatic rings. The van der Waals surface area contributed by atoms with Gasteiger partial charge in [0.05, 0.1) is 17.5 Å². The number of nitrogens with two attached hydrogens (primary N) is 1. The normalized spacial score (nSPS) is 10.4. The van der Waals surface area contributed by atoms with Gasteiger partial charge in [0.25, 0.3) is 0 Å². The maximum absolute atomic E-state index is 11.8. The van der Waals surface area contributed by atoms with Gasteiger partial charge in [-0.2, -0.15) is 4.37 Å². The van der Waals surface area contributed by atoms with Gasteiger partial charge in [0.2, 0.25) is 0 Å². The fourth-order valence-electron chi connectivity index (χ4n) is 1.44. The number of esters is 1. The zero-order chi connectivity index (χ0) is 13.8. The lowest BCUT2D eigenvalue weighted by Crippen LogP contribution is -2.09. The largest absolute Gasteiger partial charge is 0.462 e. The molecule has 0 fully saturated rings. The molecule has 0 aliphatic heterocycles. The SMILES string of the molecule is CCOC(=O)c1c(N)nsc1NCc1ccc(Cl)s1. The number of nitrogen functional groups attached to an aromatic ring is 1. The molecule has 3 N–H and O–H groups in total. The third kappa shape index (κ3) is 3.37. The summed E-state index contributed by atoms with van der Waals surface area (Å²) in [6, 6.07) is 3.75. The smallest absolute Gasteiger partial charge is 0.344 e. The number of hydrogen-bond acceptors (Lipinski definition) is 7. The monoisotopic (exact) mass is 317 g/mol. The van der Waals surface area contributed by atoms with Crippen LogP contribution in [0.2, 0.25) is 4.34 Å².